The highest BCUT2D eigenvalue weighted by atomic mass is 32.1. The Morgan fingerprint density at radius 3 is 3.06 bits per heavy atom. The molecule has 5 nitrogen and oxygen atoms in total. The minimum absolute atomic E-state index is 0.0577. The fraction of sp³-hybridized carbons (Fsp3) is 0.556. The van der Waals surface area contributed by atoms with Crippen LogP contribution in [0.5, 0.6) is 0 Å². The molecule has 0 saturated carbocycles. The Hall–Kier alpha value is -1.12. The number of ether oxygens (including phenoxy) is 1. The van der Waals surface area contributed by atoms with Gasteiger partial charge in [0, 0.05) is 6.42 Å². The van der Waals surface area contributed by atoms with Gasteiger partial charge in [0.25, 0.3) is 0 Å². The second kappa shape index (κ2) is 4.28. The number of aliphatic hydroxyl groups excluding tert-OH is 1. The fourth-order valence-corrected chi connectivity index (χ4v) is 1.83. The van der Waals surface area contributed by atoms with Crippen LogP contribution < -0.4 is 5.69 Å². The zero-order chi connectivity index (χ0) is 12.6. The van der Waals surface area contributed by atoms with Crippen LogP contribution in [0, 0.1) is 10.5 Å². The fourth-order valence-electron chi connectivity index (χ4n) is 1.69. The SMILES string of the molecule is O=c1[nH]c(=S)c(F)cn1[C@H]1CC[C@@](F)(CO)O1. The molecule has 2 rings (SSSR count). The molecule has 1 aromatic rings. The summed E-state index contributed by atoms with van der Waals surface area (Å²) in [5.41, 5.74) is -0.677. The van der Waals surface area contributed by atoms with Crippen molar-refractivity contribution in [3.8, 4) is 0 Å². The van der Waals surface area contributed by atoms with Gasteiger partial charge in [-0.05, 0) is 6.42 Å². The van der Waals surface area contributed by atoms with Crippen LogP contribution >= 0.6 is 12.2 Å². The summed E-state index contributed by atoms with van der Waals surface area (Å²) in [6.45, 7) is -0.802. The maximum absolute atomic E-state index is 13.6. The highest BCUT2D eigenvalue weighted by Crippen LogP contribution is 2.36. The van der Waals surface area contributed by atoms with Crippen LogP contribution in [0.25, 0.3) is 0 Å². The number of aromatic amines is 1. The van der Waals surface area contributed by atoms with E-state index < -0.39 is 30.2 Å². The van der Waals surface area contributed by atoms with Gasteiger partial charge < -0.3 is 9.84 Å². The molecular formula is C9H10F2N2O3S. The first-order valence-corrected chi connectivity index (χ1v) is 5.34. The van der Waals surface area contributed by atoms with Gasteiger partial charge in [-0.1, -0.05) is 12.2 Å². The van der Waals surface area contributed by atoms with Crippen molar-refractivity contribution in [1.29, 1.82) is 0 Å². The van der Waals surface area contributed by atoms with E-state index in [1.807, 2.05) is 0 Å². The van der Waals surface area contributed by atoms with E-state index in [9.17, 15) is 13.6 Å². The molecule has 1 aliphatic rings. The predicted octanol–water partition coefficient (Wildman–Crippen LogP) is 1.01. The lowest BCUT2D eigenvalue weighted by atomic mass is 10.2. The van der Waals surface area contributed by atoms with Crippen molar-refractivity contribution in [2.45, 2.75) is 24.9 Å². The van der Waals surface area contributed by atoms with Crippen molar-refractivity contribution < 1.29 is 18.6 Å². The standard InChI is InChI=1S/C9H10F2N2O3S/c10-5-3-13(8(15)12-7(5)17)6-1-2-9(11,4-14)16-6/h3,6,14H,1-2,4H2,(H,12,15,17)/t6-,9+/m1/s1. The summed E-state index contributed by atoms with van der Waals surface area (Å²) in [5, 5.41) is 8.77. The number of nitrogens with one attached hydrogen (secondary N) is 1. The first kappa shape index (κ1) is 12.3. The van der Waals surface area contributed by atoms with E-state index >= 15 is 0 Å². The van der Waals surface area contributed by atoms with Gasteiger partial charge in [0.05, 0.1) is 6.20 Å². The van der Waals surface area contributed by atoms with Gasteiger partial charge in [0.2, 0.25) is 5.85 Å². The van der Waals surface area contributed by atoms with Crippen molar-refractivity contribution in [3.05, 3.63) is 27.1 Å². The Morgan fingerprint density at radius 2 is 2.47 bits per heavy atom. The summed E-state index contributed by atoms with van der Waals surface area (Å²) in [6, 6.07) is 0. The summed E-state index contributed by atoms with van der Waals surface area (Å²) in [4.78, 5) is 13.6. The van der Waals surface area contributed by atoms with Crippen LogP contribution in [0.15, 0.2) is 11.0 Å². The van der Waals surface area contributed by atoms with Gasteiger partial charge in [-0.2, -0.15) is 0 Å². The molecule has 1 fully saturated rings. The summed E-state index contributed by atoms with van der Waals surface area (Å²) < 4.78 is 32.2. The summed E-state index contributed by atoms with van der Waals surface area (Å²) in [7, 11) is 0. The van der Waals surface area contributed by atoms with E-state index in [1.54, 1.807) is 0 Å². The summed E-state index contributed by atoms with van der Waals surface area (Å²) in [5.74, 6) is -2.96. The lowest BCUT2D eigenvalue weighted by Crippen LogP contribution is -2.31. The Balaban J connectivity index is 2.34. The number of halogens is 2. The average molecular weight is 264 g/mol. The van der Waals surface area contributed by atoms with Gasteiger partial charge in [-0.3, -0.25) is 9.55 Å². The monoisotopic (exact) mass is 264 g/mol. The predicted molar refractivity (Wildman–Crippen MR) is 56.1 cm³/mol. The maximum Gasteiger partial charge on any atom is 0.328 e. The highest BCUT2D eigenvalue weighted by molar-refractivity contribution is 7.71. The van der Waals surface area contributed by atoms with Crippen LogP contribution in [-0.2, 0) is 4.74 Å². The van der Waals surface area contributed by atoms with Crippen LogP contribution in [0.2, 0.25) is 0 Å². The molecule has 0 unspecified atom stereocenters. The number of nitrogens with zero attached hydrogens (tertiary/aromatic N) is 1. The highest BCUT2D eigenvalue weighted by Gasteiger charge is 2.41. The molecule has 2 atom stereocenters. The van der Waals surface area contributed by atoms with E-state index in [2.05, 4.69) is 17.2 Å². The Bertz CT molecular complexity index is 544. The van der Waals surface area contributed by atoms with E-state index in [0.717, 1.165) is 10.8 Å². The molecule has 1 aliphatic heterocycles. The Kier molecular flexibility index (Phi) is 3.11. The van der Waals surface area contributed by atoms with Crippen LogP contribution in [0.3, 0.4) is 0 Å². The number of hydrogen-bond donors (Lipinski definition) is 2. The molecule has 1 aromatic heterocycles. The van der Waals surface area contributed by atoms with Crippen molar-refractivity contribution in [2.24, 2.45) is 0 Å². The molecule has 94 valence electrons. The molecule has 17 heavy (non-hydrogen) atoms. The second-order valence-corrected chi connectivity index (χ2v) is 4.20. The third-order valence-electron chi connectivity index (χ3n) is 2.58. The van der Waals surface area contributed by atoms with E-state index in [0.29, 0.717) is 0 Å². The van der Waals surface area contributed by atoms with Crippen LogP contribution in [0.4, 0.5) is 8.78 Å². The molecule has 0 amide bonds. The number of alkyl halides is 1. The normalized spacial score (nSPS) is 28.5. The molecular weight excluding hydrogens is 254 g/mol. The van der Waals surface area contributed by atoms with E-state index in [1.165, 1.54) is 0 Å². The van der Waals surface area contributed by atoms with Crippen molar-refractivity contribution in [3.63, 3.8) is 0 Å². The minimum atomic E-state index is -2.17. The molecule has 0 spiro atoms. The topological polar surface area (TPSA) is 67.2 Å². The van der Waals surface area contributed by atoms with Crippen LogP contribution in [0.1, 0.15) is 19.1 Å². The van der Waals surface area contributed by atoms with Gasteiger partial charge in [-0.25, -0.2) is 13.6 Å². The molecule has 8 heteroatoms. The molecule has 2 N–H and O–H groups in total. The third-order valence-corrected chi connectivity index (χ3v) is 2.88. The largest absolute Gasteiger partial charge is 0.390 e. The van der Waals surface area contributed by atoms with Crippen LogP contribution in [-0.4, -0.2) is 27.1 Å². The molecule has 0 aromatic carbocycles. The minimum Gasteiger partial charge on any atom is -0.390 e. The van der Waals surface area contributed by atoms with Crippen molar-refractivity contribution in [1.82, 2.24) is 9.55 Å². The zero-order valence-corrected chi connectivity index (χ0v) is 9.47. The second-order valence-electron chi connectivity index (χ2n) is 3.80. The Labute approximate surface area is 99.7 Å². The van der Waals surface area contributed by atoms with Crippen molar-refractivity contribution in [2.75, 3.05) is 6.61 Å². The number of aromatic nitrogens is 2. The third kappa shape index (κ3) is 2.28. The summed E-state index contributed by atoms with van der Waals surface area (Å²) in [6.07, 6.45) is 0.0365. The maximum atomic E-state index is 13.6. The van der Waals surface area contributed by atoms with Gasteiger partial charge in [0.1, 0.15) is 17.5 Å². The van der Waals surface area contributed by atoms with Gasteiger partial charge >= 0.3 is 5.69 Å². The van der Waals surface area contributed by atoms with Gasteiger partial charge in [-0.15, -0.1) is 0 Å². The smallest absolute Gasteiger partial charge is 0.328 e. The molecule has 2 heterocycles. The van der Waals surface area contributed by atoms with E-state index in [-0.39, 0.29) is 17.5 Å². The molecule has 0 radical (unpaired) electrons. The van der Waals surface area contributed by atoms with Crippen molar-refractivity contribution >= 4 is 12.2 Å². The van der Waals surface area contributed by atoms with E-state index in [4.69, 9.17) is 9.84 Å². The lowest BCUT2D eigenvalue weighted by Gasteiger charge is -2.18. The van der Waals surface area contributed by atoms with Gasteiger partial charge in [0.15, 0.2) is 5.82 Å². The first-order valence-electron chi connectivity index (χ1n) is 4.94. The number of aliphatic hydroxyl groups is 1. The average Bonchev–Trinajstić information content (AvgIpc) is 2.67. The quantitative estimate of drug-likeness (QED) is 0.782. The first-order chi connectivity index (χ1) is 7.95. The molecule has 1 saturated heterocycles. The number of hydrogen-bond acceptors (Lipinski definition) is 4. The number of H-pyrrole nitrogens is 1. The molecule has 0 aliphatic carbocycles. The zero-order valence-electron chi connectivity index (χ0n) is 8.65. The molecule has 0 bridgehead atoms. The number of rotatable bonds is 2. The summed E-state index contributed by atoms with van der Waals surface area (Å²) >= 11 is 4.54. The Morgan fingerprint density at radius 1 is 1.76 bits per heavy atom. The lowest BCUT2D eigenvalue weighted by molar-refractivity contribution is -0.177.